The smallest absolute Gasteiger partial charge is 0.124 e. The van der Waals surface area contributed by atoms with Crippen LogP contribution in [0, 0.1) is 0 Å². The summed E-state index contributed by atoms with van der Waals surface area (Å²) in [6.45, 7) is 8.96. The van der Waals surface area contributed by atoms with Gasteiger partial charge in [0.25, 0.3) is 0 Å². The van der Waals surface area contributed by atoms with Gasteiger partial charge in [-0.3, -0.25) is 0 Å². The van der Waals surface area contributed by atoms with Crippen LogP contribution in [0.25, 0.3) is 52.7 Å². The highest BCUT2D eigenvalue weighted by Crippen LogP contribution is 2.41. The molecule has 0 radical (unpaired) electrons. The van der Waals surface area contributed by atoms with E-state index in [0.29, 0.717) is 11.8 Å². The standard InChI is InChI=1S/C56H46N4S2/c1-37(2)39-13-25-45(26-14-39)59(49-33-21-43(22-34-49)55-57-51-9-5-7-11-53(51)61-55)47-29-17-41(18-30-47)42-19-31-48(32-20-42)60(46-27-15-40(16-28-46)38(3)4)50-35-23-44(24-36-50)56-58-52-10-6-8-12-54(52)62-56/h5-38H,1-4H3. The third-order valence-electron chi connectivity index (χ3n) is 11.6. The summed E-state index contributed by atoms with van der Waals surface area (Å²) in [5, 5.41) is 2.07. The third-order valence-corrected chi connectivity index (χ3v) is 13.7. The largest absolute Gasteiger partial charge is 0.311 e. The quantitative estimate of drug-likeness (QED) is 0.130. The summed E-state index contributed by atoms with van der Waals surface area (Å²) < 4.78 is 2.40. The van der Waals surface area contributed by atoms with Crippen molar-refractivity contribution in [3.05, 3.63) is 205 Å². The molecule has 62 heavy (non-hydrogen) atoms. The highest BCUT2D eigenvalue weighted by molar-refractivity contribution is 7.22. The fraction of sp³-hybridized carbons (Fsp3) is 0.107. The van der Waals surface area contributed by atoms with Gasteiger partial charge < -0.3 is 9.80 Å². The van der Waals surface area contributed by atoms with Crippen LogP contribution in [-0.2, 0) is 0 Å². The maximum atomic E-state index is 4.91. The minimum Gasteiger partial charge on any atom is -0.311 e. The van der Waals surface area contributed by atoms with Crippen LogP contribution < -0.4 is 9.80 Å². The van der Waals surface area contributed by atoms with Crippen molar-refractivity contribution in [2.45, 2.75) is 39.5 Å². The first-order chi connectivity index (χ1) is 30.3. The fourth-order valence-corrected chi connectivity index (χ4v) is 9.96. The molecule has 0 fully saturated rings. The number of rotatable bonds is 11. The molecule has 0 aliphatic rings. The number of hydrogen-bond acceptors (Lipinski definition) is 6. The van der Waals surface area contributed by atoms with Gasteiger partial charge in [0.1, 0.15) is 10.0 Å². The molecule has 10 aromatic rings. The molecule has 0 saturated heterocycles. The highest BCUT2D eigenvalue weighted by atomic mass is 32.1. The van der Waals surface area contributed by atoms with Crippen molar-refractivity contribution < 1.29 is 0 Å². The number of aromatic nitrogens is 2. The molecule has 2 heterocycles. The number of hydrogen-bond donors (Lipinski definition) is 0. The van der Waals surface area contributed by atoms with Gasteiger partial charge in [0.2, 0.25) is 0 Å². The minimum atomic E-state index is 0.463. The van der Waals surface area contributed by atoms with Gasteiger partial charge in [-0.25, -0.2) is 9.97 Å². The first-order valence-corrected chi connectivity index (χ1v) is 22.9. The Kier molecular flexibility index (Phi) is 10.7. The van der Waals surface area contributed by atoms with Gasteiger partial charge in [-0.15, -0.1) is 22.7 Å². The third kappa shape index (κ3) is 7.91. The Bertz CT molecular complexity index is 2810. The topological polar surface area (TPSA) is 32.3 Å². The molecule has 6 heteroatoms. The van der Waals surface area contributed by atoms with Crippen molar-refractivity contribution in [2.75, 3.05) is 9.80 Å². The van der Waals surface area contributed by atoms with Crippen LogP contribution in [0.4, 0.5) is 34.1 Å². The molecule has 302 valence electrons. The second kappa shape index (κ2) is 16.9. The number of thiazole rings is 2. The van der Waals surface area contributed by atoms with Gasteiger partial charge >= 0.3 is 0 Å². The van der Waals surface area contributed by atoms with Crippen LogP contribution in [0.5, 0.6) is 0 Å². The fourth-order valence-electron chi connectivity index (χ4n) is 8.01. The first-order valence-electron chi connectivity index (χ1n) is 21.3. The predicted octanol–water partition coefficient (Wildman–Crippen LogP) is 17.1. The molecule has 0 bridgehead atoms. The Morgan fingerprint density at radius 1 is 0.323 bits per heavy atom. The monoisotopic (exact) mass is 838 g/mol. The molecule has 0 N–H and O–H groups in total. The average Bonchev–Trinajstić information content (AvgIpc) is 3.96. The Morgan fingerprint density at radius 3 is 0.887 bits per heavy atom. The maximum Gasteiger partial charge on any atom is 0.124 e. The van der Waals surface area contributed by atoms with E-state index in [-0.39, 0.29) is 0 Å². The molecule has 0 amide bonds. The van der Waals surface area contributed by atoms with E-state index >= 15 is 0 Å². The molecular formula is C56H46N4S2. The molecule has 0 aliphatic carbocycles. The van der Waals surface area contributed by atoms with Gasteiger partial charge in [0.15, 0.2) is 0 Å². The SMILES string of the molecule is CC(C)c1ccc(N(c2ccc(-c3ccc(N(c4ccc(-c5nc6ccccc6s5)cc4)c4ccc(C(C)C)cc4)cc3)cc2)c2ccc(-c3nc4ccccc4s3)cc2)cc1. The summed E-state index contributed by atoms with van der Waals surface area (Å²) in [4.78, 5) is 14.5. The number of fused-ring (bicyclic) bond motifs is 2. The van der Waals surface area contributed by atoms with Crippen LogP contribution in [0.3, 0.4) is 0 Å². The molecule has 0 spiro atoms. The van der Waals surface area contributed by atoms with Gasteiger partial charge in [-0.2, -0.15) is 0 Å². The Hall–Kier alpha value is -6.86. The summed E-state index contributed by atoms with van der Waals surface area (Å²) >= 11 is 3.47. The summed E-state index contributed by atoms with van der Waals surface area (Å²) in [6.07, 6.45) is 0. The maximum absolute atomic E-state index is 4.91. The summed E-state index contributed by atoms with van der Waals surface area (Å²) in [5.41, 5.74) is 15.9. The lowest BCUT2D eigenvalue weighted by Crippen LogP contribution is -2.10. The summed E-state index contributed by atoms with van der Waals surface area (Å²) in [5.74, 6) is 0.925. The molecule has 10 rings (SSSR count). The minimum absolute atomic E-state index is 0.463. The van der Waals surface area contributed by atoms with Gasteiger partial charge in [-0.05, 0) is 155 Å². The van der Waals surface area contributed by atoms with Crippen molar-refractivity contribution in [3.63, 3.8) is 0 Å². The van der Waals surface area contributed by atoms with Crippen molar-refractivity contribution in [2.24, 2.45) is 0 Å². The molecule has 2 aromatic heterocycles. The van der Waals surface area contributed by atoms with E-state index in [4.69, 9.17) is 9.97 Å². The van der Waals surface area contributed by atoms with E-state index in [0.717, 1.165) is 77.4 Å². The zero-order chi connectivity index (χ0) is 42.2. The Morgan fingerprint density at radius 2 is 0.597 bits per heavy atom. The van der Waals surface area contributed by atoms with Crippen LogP contribution >= 0.6 is 22.7 Å². The highest BCUT2D eigenvalue weighted by Gasteiger charge is 2.17. The number of anilines is 6. The second-order valence-electron chi connectivity index (χ2n) is 16.3. The van der Waals surface area contributed by atoms with Crippen LogP contribution in [-0.4, -0.2) is 9.97 Å². The molecular weight excluding hydrogens is 793 g/mol. The van der Waals surface area contributed by atoms with E-state index in [2.05, 4.69) is 219 Å². The number of benzene rings is 8. The van der Waals surface area contributed by atoms with Crippen LogP contribution in [0.2, 0.25) is 0 Å². The van der Waals surface area contributed by atoms with Gasteiger partial charge in [-0.1, -0.05) is 100 Å². The lowest BCUT2D eigenvalue weighted by Gasteiger charge is -2.27. The second-order valence-corrected chi connectivity index (χ2v) is 18.4. The zero-order valence-electron chi connectivity index (χ0n) is 35.2. The Balaban J connectivity index is 0.948. The lowest BCUT2D eigenvalue weighted by molar-refractivity contribution is 0.866. The van der Waals surface area contributed by atoms with Crippen molar-refractivity contribution >= 4 is 77.2 Å². The molecule has 0 unspecified atom stereocenters. The van der Waals surface area contributed by atoms with E-state index < -0.39 is 0 Å². The van der Waals surface area contributed by atoms with E-state index in [1.54, 1.807) is 22.7 Å². The normalized spacial score (nSPS) is 11.5. The molecule has 0 saturated carbocycles. The number of para-hydroxylation sites is 2. The van der Waals surface area contributed by atoms with Gasteiger partial charge in [0, 0.05) is 45.3 Å². The van der Waals surface area contributed by atoms with E-state index in [9.17, 15) is 0 Å². The van der Waals surface area contributed by atoms with Crippen molar-refractivity contribution in [3.8, 4) is 32.3 Å². The molecule has 4 nitrogen and oxygen atoms in total. The number of nitrogens with zero attached hydrogens (tertiary/aromatic N) is 4. The van der Waals surface area contributed by atoms with Crippen molar-refractivity contribution in [1.29, 1.82) is 0 Å². The summed E-state index contributed by atoms with van der Waals surface area (Å²) in [6, 6.07) is 70.1. The lowest BCUT2D eigenvalue weighted by atomic mass is 10.0. The van der Waals surface area contributed by atoms with E-state index in [1.165, 1.54) is 20.5 Å². The van der Waals surface area contributed by atoms with Crippen LogP contribution in [0.1, 0.15) is 50.7 Å². The zero-order valence-corrected chi connectivity index (χ0v) is 36.9. The molecule has 0 atom stereocenters. The Labute approximate surface area is 372 Å². The first kappa shape index (κ1) is 39.3. The molecule has 8 aromatic carbocycles. The molecule has 0 aliphatic heterocycles. The summed E-state index contributed by atoms with van der Waals surface area (Å²) in [7, 11) is 0. The average molecular weight is 839 g/mol. The van der Waals surface area contributed by atoms with Gasteiger partial charge in [0.05, 0.1) is 20.4 Å². The van der Waals surface area contributed by atoms with E-state index in [1.807, 2.05) is 12.1 Å². The predicted molar refractivity (Wildman–Crippen MR) is 267 cm³/mol. The van der Waals surface area contributed by atoms with Crippen molar-refractivity contribution in [1.82, 2.24) is 9.97 Å². The van der Waals surface area contributed by atoms with Crippen LogP contribution in [0.15, 0.2) is 194 Å².